The summed E-state index contributed by atoms with van der Waals surface area (Å²) in [6.45, 7) is 3.04. The third-order valence-corrected chi connectivity index (χ3v) is 7.16. The number of hydrogen-bond acceptors (Lipinski definition) is 6. The second-order valence-electron chi connectivity index (χ2n) is 5.68. The van der Waals surface area contributed by atoms with Crippen molar-refractivity contribution in [3.05, 3.63) is 0 Å². The minimum Gasteiger partial charge on any atom is -0.368 e. The minimum absolute atomic E-state index is 0.219. The van der Waals surface area contributed by atoms with Crippen LogP contribution in [-0.4, -0.2) is 54.0 Å². The molecule has 0 aliphatic heterocycles. The Labute approximate surface area is 138 Å². The van der Waals surface area contributed by atoms with Gasteiger partial charge in [-0.15, -0.1) is 0 Å². The quantitative estimate of drug-likeness (QED) is 0.175. The summed E-state index contributed by atoms with van der Waals surface area (Å²) in [5, 5.41) is 8.41. The van der Waals surface area contributed by atoms with Gasteiger partial charge in [-0.2, -0.15) is 0 Å². The molecule has 0 saturated heterocycles. The summed E-state index contributed by atoms with van der Waals surface area (Å²) in [7, 11) is -11.0. The molecular formula is C11H24N2O9P2. The van der Waals surface area contributed by atoms with Crippen LogP contribution in [0.3, 0.4) is 0 Å². The van der Waals surface area contributed by atoms with Gasteiger partial charge in [0.15, 0.2) is 5.78 Å². The lowest BCUT2D eigenvalue weighted by molar-refractivity contribution is -0.128. The van der Waals surface area contributed by atoms with Crippen LogP contribution in [0.1, 0.15) is 33.1 Å². The maximum atomic E-state index is 11.6. The molecule has 0 unspecified atom stereocenters. The van der Waals surface area contributed by atoms with Gasteiger partial charge in [-0.1, -0.05) is 13.8 Å². The Hall–Kier alpha value is -0.640. The number of carbonyl (C=O) groups is 2. The van der Waals surface area contributed by atoms with Crippen LogP contribution < -0.4 is 11.1 Å². The first-order valence-corrected chi connectivity index (χ1v) is 10.3. The molecule has 142 valence electrons. The van der Waals surface area contributed by atoms with E-state index in [1.165, 1.54) is 0 Å². The van der Waals surface area contributed by atoms with Crippen LogP contribution in [-0.2, 0) is 18.7 Å². The Bertz CT molecular complexity index is 532. The summed E-state index contributed by atoms with van der Waals surface area (Å²) in [6.07, 6.45) is -1.54. The fourth-order valence-corrected chi connectivity index (χ4v) is 4.07. The van der Waals surface area contributed by atoms with Gasteiger partial charge in [0.1, 0.15) is 0 Å². The summed E-state index contributed by atoms with van der Waals surface area (Å²) in [6, 6.07) is -0.993. The van der Waals surface area contributed by atoms with E-state index in [1.807, 2.05) is 0 Å². The second-order valence-corrected chi connectivity index (χ2v) is 9.69. The molecule has 0 aliphatic rings. The molecule has 0 fully saturated rings. The molecule has 0 aliphatic carbocycles. The Morgan fingerprint density at radius 1 is 1.12 bits per heavy atom. The number of rotatable bonds is 10. The molecule has 0 radical (unpaired) electrons. The Kier molecular flexibility index (Phi) is 8.41. The average Bonchev–Trinajstić information content (AvgIpc) is 2.39. The van der Waals surface area contributed by atoms with Crippen molar-refractivity contribution >= 4 is 26.9 Å². The number of nitrogens with two attached hydrogens (primary N) is 1. The maximum Gasteiger partial charge on any atom is 0.369 e. The summed E-state index contributed by atoms with van der Waals surface area (Å²) in [5.74, 6) is -1.25. The molecule has 8 N–H and O–H groups in total. The van der Waals surface area contributed by atoms with E-state index in [0.717, 1.165) is 0 Å². The van der Waals surface area contributed by atoms with Crippen molar-refractivity contribution in [2.45, 2.75) is 44.2 Å². The molecule has 1 amide bonds. The Morgan fingerprint density at radius 2 is 1.58 bits per heavy atom. The normalized spacial score (nSPS) is 14.5. The fraction of sp³-hybridized carbons (Fsp3) is 0.818. The van der Waals surface area contributed by atoms with E-state index in [0.29, 0.717) is 0 Å². The van der Waals surface area contributed by atoms with Crippen molar-refractivity contribution in [3.63, 3.8) is 0 Å². The highest BCUT2D eigenvalue weighted by atomic mass is 31.2. The molecule has 0 rings (SSSR count). The van der Waals surface area contributed by atoms with Gasteiger partial charge in [0.05, 0.1) is 6.04 Å². The molecule has 0 aromatic carbocycles. The first-order valence-electron chi connectivity index (χ1n) is 7.03. The summed E-state index contributed by atoms with van der Waals surface area (Å²) < 4.78 is 22.2. The van der Waals surface area contributed by atoms with Gasteiger partial charge in [-0.3, -0.25) is 18.7 Å². The molecule has 0 bridgehead atoms. The highest BCUT2D eigenvalue weighted by Crippen LogP contribution is 2.69. The minimum atomic E-state index is -5.50. The second kappa shape index (κ2) is 8.64. The number of hydrogen-bond donors (Lipinski definition) is 7. The van der Waals surface area contributed by atoms with E-state index >= 15 is 0 Å². The SMILES string of the molecule is CC(C)C(=O)[C@@H](N)CC(=O)NCCCC(O)(P(=O)(O)O)P(=O)(O)O. The predicted octanol–water partition coefficient (Wildman–Crippen LogP) is -1.17. The molecule has 0 aromatic rings. The largest absolute Gasteiger partial charge is 0.369 e. The van der Waals surface area contributed by atoms with E-state index in [9.17, 15) is 23.8 Å². The standard InChI is InChI=1S/C11H24N2O9P2/c1-7(2)10(15)8(12)6-9(14)13-5-3-4-11(16,23(17,18)19)24(20,21)22/h7-8,16H,3-6,12H2,1-2H3,(H,13,14)(H2,17,18,19)(H2,20,21,22)/t8-/m0/s1. The third-order valence-electron chi connectivity index (χ3n) is 3.28. The zero-order valence-electron chi connectivity index (χ0n) is 13.3. The lowest BCUT2D eigenvalue weighted by Crippen LogP contribution is -2.39. The van der Waals surface area contributed by atoms with Gasteiger partial charge in [-0.25, -0.2) is 0 Å². The van der Waals surface area contributed by atoms with Crippen molar-refractivity contribution in [2.24, 2.45) is 11.7 Å². The van der Waals surface area contributed by atoms with Gasteiger partial charge < -0.3 is 35.7 Å². The molecule has 13 heteroatoms. The van der Waals surface area contributed by atoms with Crippen LogP contribution in [0.5, 0.6) is 0 Å². The van der Waals surface area contributed by atoms with Crippen molar-refractivity contribution in [1.29, 1.82) is 0 Å². The molecule has 1 atom stereocenters. The summed E-state index contributed by atoms with van der Waals surface area (Å²) in [4.78, 5) is 58.9. The van der Waals surface area contributed by atoms with Crippen LogP contribution in [0.15, 0.2) is 0 Å². The molecule has 24 heavy (non-hydrogen) atoms. The van der Waals surface area contributed by atoms with E-state index in [4.69, 9.17) is 25.3 Å². The number of nitrogens with one attached hydrogen (secondary N) is 1. The smallest absolute Gasteiger partial charge is 0.368 e. The van der Waals surface area contributed by atoms with Crippen LogP contribution in [0.25, 0.3) is 0 Å². The number of amides is 1. The lowest BCUT2D eigenvalue weighted by Gasteiger charge is -2.29. The van der Waals surface area contributed by atoms with Crippen LogP contribution in [0.4, 0.5) is 0 Å². The zero-order valence-corrected chi connectivity index (χ0v) is 15.1. The highest BCUT2D eigenvalue weighted by molar-refractivity contribution is 7.72. The molecule has 0 heterocycles. The van der Waals surface area contributed by atoms with Crippen molar-refractivity contribution in [3.8, 4) is 0 Å². The zero-order chi connectivity index (χ0) is 19.3. The van der Waals surface area contributed by atoms with Crippen LogP contribution in [0.2, 0.25) is 0 Å². The predicted molar refractivity (Wildman–Crippen MR) is 83.7 cm³/mol. The Balaban J connectivity index is 4.52. The van der Waals surface area contributed by atoms with E-state index < -0.39 is 38.6 Å². The monoisotopic (exact) mass is 390 g/mol. The third kappa shape index (κ3) is 6.34. The van der Waals surface area contributed by atoms with Crippen LogP contribution in [0, 0.1) is 5.92 Å². The summed E-state index contributed by atoms with van der Waals surface area (Å²) in [5.41, 5.74) is 5.55. The summed E-state index contributed by atoms with van der Waals surface area (Å²) >= 11 is 0. The topological polar surface area (TPSA) is 207 Å². The first-order chi connectivity index (χ1) is 10.6. The molecular weight excluding hydrogens is 366 g/mol. The number of aliphatic hydroxyl groups is 1. The number of ketones is 1. The molecule has 0 saturated carbocycles. The number of Topliss-reactive ketones (excluding diaryl/α,β-unsaturated/α-hetero) is 1. The van der Waals surface area contributed by atoms with Crippen molar-refractivity contribution in [1.82, 2.24) is 5.32 Å². The van der Waals surface area contributed by atoms with Crippen molar-refractivity contribution < 1.29 is 43.4 Å². The molecule has 0 aromatic heterocycles. The fourth-order valence-electron chi connectivity index (χ4n) is 1.81. The van der Waals surface area contributed by atoms with E-state index in [-0.39, 0.29) is 31.1 Å². The van der Waals surface area contributed by atoms with Gasteiger partial charge in [0, 0.05) is 25.3 Å². The van der Waals surface area contributed by atoms with Gasteiger partial charge in [-0.05, 0) is 6.42 Å². The van der Waals surface area contributed by atoms with Gasteiger partial charge >= 0.3 is 15.2 Å². The van der Waals surface area contributed by atoms with Gasteiger partial charge in [0.2, 0.25) is 5.91 Å². The Morgan fingerprint density at radius 3 is 1.96 bits per heavy atom. The molecule has 11 nitrogen and oxygen atoms in total. The number of carbonyl (C=O) groups excluding carboxylic acids is 2. The van der Waals surface area contributed by atoms with Crippen LogP contribution >= 0.6 is 15.2 Å². The maximum absolute atomic E-state index is 11.6. The lowest BCUT2D eigenvalue weighted by atomic mass is 10.00. The first kappa shape index (κ1) is 23.4. The van der Waals surface area contributed by atoms with Crippen molar-refractivity contribution in [2.75, 3.05) is 6.54 Å². The highest BCUT2D eigenvalue weighted by Gasteiger charge is 2.58. The average molecular weight is 390 g/mol. The van der Waals surface area contributed by atoms with E-state index in [1.54, 1.807) is 13.8 Å². The molecule has 0 spiro atoms. The van der Waals surface area contributed by atoms with E-state index in [2.05, 4.69) is 5.32 Å². The van der Waals surface area contributed by atoms with Gasteiger partial charge in [0.25, 0.3) is 5.08 Å².